The lowest BCUT2D eigenvalue weighted by Gasteiger charge is -2.19. The topological polar surface area (TPSA) is 83.5 Å². The molecule has 0 radical (unpaired) electrons. The molecule has 20 heavy (non-hydrogen) atoms. The Hall–Kier alpha value is -1.82. The first-order chi connectivity index (χ1) is 9.37. The normalized spacial score (nSPS) is 11.2. The molecule has 0 aliphatic heterocycles. The zero-order chi connectivity index (χ0) is 15.0. The van der Waals surface area contributed by atoms with Crippen molar-refractivity contribution in [3.8, 4) is 5.75 Å². The fourth-order valence-corrected chi connectivity index (χ4v) is 1.46. The maximum absolute atomic E-state index is 11.4. The van der Waals surface area contributed by atoms with Crippen molar-refractivity contribution in [3.05, 3.63) is 24.0 Å². The number of aromatic nitrogens is 1. The maximum atomic E-state index is 11.4. The molecule has 0 aromatic carbocycles. The predicted octanol–water partition coefficient (Wildman–Crippen LogP) is 1.79. The summed E-state index contributed by atoms with van der Waals surface area (Å²) >= 11 is 0. The summed E-state index contributed by atoms with van der Waals surface area (Å²) in [5, 5.41) is 15.0. The minimum absolute atomic E-state index is 0.162. The van der Waals surface area contributed by atoms with E-state index in [4.69, 9.17) is 9.84 Å². The Morgan fingerprint density at radius 3 is 2.70 bits per heavy atom. The zero-order valence-electron chi connectivity index (χ0n) is 12.3. The van der Waals surface area contributed by atoms with Gasteiger partial charge in [0, 0.05) is 13.1 Å². The number of nitrogens with one attached hydrogen (secondary N) is 2. The number of alkyl carbamates (subject to hydrolysis) is 1. The van der Waals surface area contributed by atoms with Crippen LogP contribution in [-0.4, -0.2) is 34.9 Å². The highest BCUT2D eigenvalue weighted by Gasteiger charge is 2.15. The molecule has 1 amide bonds. The van der Waals surface area contributed by atoms with Crippen LogP contribution >= 0.6 is 0 Å². The fourth-order valence-electron chi connectivity index (χ4n) is 1.46. The number of hydrogen-bond acceptors (Lipinski definition) is 5. The van der Waals surface area contributed by atoms with Gasteiger partial charge in [0.15, 0.2) is 0 Å². The number of pyridine rings is 1. The molecule has 6 nitrogen and oxygen atoms in total. The molecule has 0 fully saturated rings. The minimum atomic E-state index is -0.465. The quantitative estimate of drug-likeness (QED) is 0.692. The zero-order valence-corrected chi connectivity index (χ0v) is 12.3. The van der Waals surface area contributed by atoms with Gasteiger partial charge in [-0.2, -0.15) is 0 Å². The molecule has 1 rings (SSSR count). The molecule has 112 valence electrons. The van der Waals surface area contributed by atoms with Gasteiger partial charge >= 0.3 is 6.09 Å². The summed E-state index contributed by atoms with van der Waals surface area (Å²) in [7, 11) is 0. The highest BCUT2D eigenvalue weighted by Crippen LogP contribution is 2.06. The van der Waals surface area contributed by atoms with E-state index in [-0.39, 0.29) is 5.75 Å². The van der Waals surface area contributed by atoms with E-state index < -0.39 is 11.7 Å². The van der Waals surface area contributed by atoms with Gasteiger partial charge in [-0.25, -0.2) is 4.79 Å². The second-order valence-electron chi connectivity index (χ2n) is 5.47. The summed E-state index contributed by atoms with van der Waals surface area (Å²) in [5.41, 5.74) is 0.398. The van der Waals surface area contributed by atoms with Crippen LogP contribution in [0.3, 0.4) is 0 Å². The van der Waals surface area contributed by atoms with E-state index in [0.29, 0.717) is 13.1 Å². The van der Waals surface area contributed by atoms with Gasteiger partial charge in [0.1, 0.15) is 11.4 Å². The van der Waals surface area contributed by atoms with Crippen LogP contribution in [0.2, 0.25) is 0 Å². The summed E-state index contributed by atoms with van der Waals surface area (Å²) in [5.74, 6) is 0.162. The Bertz CT molecular complexity index is 413. The lowest BCUT2D eigenvalue weighted by Crippen LogP contribution is -2.33. The van der Waals surface area contributed by atoms with Gasteiger partial charge in [-0.05, 0) is 45.9 Å². The molecule has 6 heteroatoms. The first-order valence-electron chi connectivity index (χ1n) is 6.68. The third-order valence-corrected chi connectivity index (χ3v) is 2.31. The molecule has 0 aliphatic rings. The van der Waals surface area contributed by atoms with E-state index in [0.717, 1.165) is 18.7 Å². The van der Waals surface area contributed by atoms with E-state index in [9.17, 15) is 4.79 Å². The molecule has 0 aliphatic carbocycles. The van der Waals surface area contributed by atoms with Crippen molar-refractivity contribution in [1.29, 1.82) is 0 Å². The molecular formula is C14H23N3O3. The molecule has 0 saturated carbocycles. The van der Waals surface area contributed by atoms with Crippen molar-refractivity contribution in [1.82, 2.24) is 15.6 Å². The fraction of sp³-hybridized carbons (Fsp3) is 0.571. The largest absolute Gasteiger partial charge is 0.506 e. The minimum Gasteiger partial charge on any atom is -0.506 e. The van der Waals surface area contributed by atoms with Gasteiger partial charge in [-0.15, -0.1) is 0 Å². The molecule has 1 heterocycles. The number of hydrogen-bond donors (Lipinski definition) is 3. The third kappa shape index (κ3) is 7.58. The Morgan fingerprint density at radius 1 is 1.35 bits per heavy atom. The van der Waals surface area contributed by atoms with Crippen LogP contribution in [0.4, 0.5) is 4.79 Å². The lowest BCUT2D eigenvalue weighted by molar-refractivity contribution is 0.0527. The lowest BCUT2D eigenvalue weighted by atomic mass is 10.2. The first-order valence-corrected chi connectivity index (χ1v) is 6.68. The van der Waals surface area contributed by atoms with Crippen molar-refractivity contribution in [2.24, 2.45) is 0 Å². The second kappa shape index (κ2) is 7.69. The predicted molar refractivity (Wildman–Crippen MR) is 76.5 cm³/mol. The van der Waals surface area contributed by atoms with E-state index in [1.54, 1.807) is 12.1 Å². The molecule has 3 N–H and O–H groups in total. The van der Waals surface area contributed by atoms with Gasteiger partial charge in [0.2, 0.25) is 0 Å². The van der Waals surface area contributed by atoms with Crippen molar-refractivity contribution < 1.29 is 14.6 Å². The van der Waals surface area contributed by atoms with Crippen LogP contribution in [-0.2, 0) is 11.3 Å². The van der Waals surface area contributed by atoms with Crippen LogP contribution < -0.4 is 10.6 Å². The SMILES string of the molecule is CC(C)(C)OC(=O)NCCCNCc1ccc(O)cn1. The highest BCUT2D eigenvalue weighted by molar-refractivity contribution is 5.67. The number of ether oxygens (including phenoxy) is 1. The number of aromatic hydroxyl groups is 1. The average molecular weight is 281 g/mol. The number of carbonyl (C=O) groups is 1. The monoisotopic (exact) mass is 281 g/mol. The molecule has 0 unspecified atom stereocenters. The standard InChI is InChI=1S/C14H23N3O3/c1-14(2,3)20-13(19)16-8-4-7-15-9-11-5-6-12(18)10-17-11/h5-6,10,15,18H,4,7-9H2,1-3H3,(H,16,19). The van der Waals surface area contributed by atoms with E-state index in [2.05, 4.69) is 15.6 Å². The number of nitrogens with zero attached hydrogens (tertiary/aromatic N) is 1. The average Bonchev–Trinajstić information content (AvgIpc) is 2.33. The van der Waals surface area contributed by atoms with E-state index >= 15 is 0 Å². The Kier molecular flexibility index (Phi) is 6.24. The summed E-state index contributed by atoms with van der Waals surface area (Å²) in [6.45, 7) is 7.45. The Balaban J connectivity index is 2.05. The van der Waals surface area contributed by atoms with Crippen LogP contribution in [0.25, 0.3) is 0 Å². The van der Waals surface area contributed by atoms with Crippen LogP contribution in [0.1, 0.15) is 32.9 Å². The summed E-state index contributed by atoms with van der Waals surface area (Å²) in [6, 6.07) is 3.37. The second-order valence-corrected chi connectivity index (χ2v) is 5.47. The van der Waals surface area contributed by atoms with Crippen molar-refractivity contribution >= 4 is 6.09 Å². The highest BCUT2D eigenvalue weighted by atomic mass is 16.6. The molecule has 0 saturated heterocycles. The van der Waals surface area contributed by atoms with Gasteiger partial charge in [0.25, 0.3) is 0 Å². The summed E-state index contributed by atoms with van der Waals surface area (Å²) in [6.07, 6.45) is 1.83. The van der Waals surface area contributed by atoms with Crippen LogP contribution in [0.5, 0.6) is 5.75 Å². The molecule has 0 bridgehead atoms. The van der Waals surface area contributed by atoms with Crippen molar-refractivity contribution in [2.75, 3.05) is 13.1 Å². The van der Waals surface area contributed by atoms with Crippen molar-refractivity contribution in [3.63, 3.8) is 0 Å². The van der Waals surface area contributed by atoms with E-state index in [1.807, 2.05) is 20.8 Å². The Morgan fingerprint density at radius 2 is 2.10 bits per heavy atom. The molecule has 1 aromatic heterocycles. The number of carbonyl (C=O) groups excluding carboxylic acids is 1. The van der Waals surface area contributed by atoms with Crippen LogP contribution in [0.15, 0.2) is 18.3 Å². The molecule has 1 aromatic rings. The van der Waals surface area contributed by atoms with Gasteiger partial charge in [-0.3, -0.25) is 4.98 Å². The molecule has 0 spiro atoms. The van der Waals surface area contributed by atoms with Gasteiger partial charge in [-0.1, -0.05) is 0 Å². The van der Waals surface area contributed by atoms with Crippen molar-refractivity contribution in [2.45, 2.75) is 39.3 Å². The number of rotatable bonds is 6. The van der Waals surface area contributed by atoms with Gasteiger partial charge < -0.3 is 20.5 Å². The Labute approximate surface area is 119 Å². The third-order valence-electron chi connectivity index (χ3n) is 2.31. The summed E-state index contributed by atoms with van der Waals surface area (Å²) < 4.78 is 5.12. The summed E-state index contributed by atoms with van der Waals surface area (Å²) in [4.78, 5) is 15.4. The number of amides is 1. The maximum Gasteiger partial charge on any atom is 0.407 e. The molecular weight excluding hydrogens is 258 g/mol. The van der Waals surface area contributed by atoms with Gasteiger partial charge in [0.05, 0.1) is 11.9 Å². The first kappa shape index (κ1) is 16.2. The van der Waals surface area contributed by atoms with Crippen LogP contribution in [0, 0.1) is 0 Å². The smallest absolute Gasteiger partial charge is 0.407 e. The molecule has 0 atom stereocenters. The van der Waals surface area contributed by atoms with E-state index in [1.165, 1.54) is 6.20 Å².